The SMILES string of the molecule is O=S(=O)(c1cccs1)N1CCC[C@H]1CO. The summed E-state index contributed by atoms with van der Waals surface area (Å²) >= 11 is 1.22. The maximum atomic E-state index is 12.1. The number of hydrogen-bond acceptors (Lipinski definition) is 4. The summed E-state index contributed by atoms with van der Waals surface area (Å²) in [6.07, 6.45) is 1.58. The van der Waals surface area contributed by atoms with Gasteiger partial charge in [0.05, 0.1) is 6.61 Å². The fraction of sp³-hybridized carbons (Fsp3) is 0.556. The van der Waals surface area contributed by atoms with Crippen LogP contribution >= 0.6 is 11.3 Å². The Balaban J connectivity index is 2.30. The maximum absolute atomic E-state index is 12.1. The second-order valence-electron chi connectivity index (χ2n) is 3.53. The van der Waals surface area contributed by atoms with E-state index in [4.69, 9.17) is 5.11 Å². The van der Waals surface area contributed by atoms with Gasteiger partial charge in [-0.25, -0.2) is 8.42 Å². The van der Waals surface area contributed by atoms with Gasteiger partial charge < -0.3 is 5.11 Å². The van der Waals surface area contributed by atoms with E-state index in [9.17, 15) is 8.42 Å². The molecule has 0 aliphatic carbocycles. The number of sulfonamides is 1. The number of aliphatic hydroxyl groups is 1. The Morgan fingerprint density at radius 3 is 3.00 bits per heavy atom. The molecule has 6 heteroatoms. The molecule has 1 aromatic rings. The molecule has 0 bridgehead atoms. The monoisotopic (exact) mass is 247 g/mol. The zero-order valence-electron chi connectivity index (χ0n) is 8.17. The fourth-order valence-corrected chi connectivity index (χ4v) is 4.64. The topological polar surface area (TPSA) is 57.6 Å². The number of thiophene rings is 1. The molecule has 4 nitrogen and oxygen atoms in total. The summed E-state index contributed by atoms with van der Waals surface area (Å²) in [5.41, 5.74) is 0. The van der Waals surface area contributed by atoms with E-state index in [-0.39, 0.29) is 12.6 Å². The minimum atomic E-state index is -3.36. The van der Waals surface area contributed by atoms with Crippen molar-refractivity contribution in [1.82, 2.24) is 4.31 Å². The standard InChI is InChI=1S/C9H13NO3S2/c11-7-8-3-1-5-10(8)15(12,13)9-4-2-6-14-9/h2,4,6,8,11H,1,3,5,7H2/t8-/m0/s1. The summed E-state index contributed by atoms with van der Waals surface area (Å²) in [6, 6.07) is 3.09. The summed E-state index contributed by atoms with van der Waals surface area (Å²) in [6.45, 7) is 0.427. The molecule has 0 saturated carbocycles. The number of nitrogens with zero attached hydrogens (tertiary/aromatic N) is 1. The van der Waals surface area contributed by atoms with Gasteiger partial charge in [0.1, 0.15) is 4.21 Å². The lowest BCUT2D eigenvalue weighted by Crippen LogP contribution is -2.37. The van der Waals surface area contributed by atoms with Crippen LogP contribution in [0.25, 0.3) is 0 Å². The van der Waals surface area contributed by atoms with Gasteiger partial charge in [-0.3, -0.25) is 0 Å². The van der Waals surface area contributed by atoms with E-state index in [0.29, 0.717) is 10.8 Å². The van der Waals surface area contributed by atoms with Crippen LogP contribution in [-0.4, -0.2) is 37.0 Å². The van der Waals surface area contributed by atoms with Crippen molar-refractivity contribution in [2.45, 2.75) is 23.1 Å². The third-order valence-electron chi connectivity index (χ3n) is 2.59. The van der Waals surface area contributed by atoms with Crippen LogP contribution in [0.5, 0.6) is 0 Å². The second-order valence-corrected chi connectivity index (χ2v) is 6.59. The normalized spacial score (nSPS) is 23.4. The molecule has 0 amide bonds. The molecule has 1 aliphatic rings. The Morgan fingerprint density at radius 2 is 2.40 bits per heavy atom. The van der Waals surface area contributed by atoms with Crippen molar-refractivity contribution in [2.75, 3.05) is 13.2 Å². The molecule has 1 saturated heterocycles. The Kier molecular flexibility index (Phi) is 3.11. The molecule has 1 fully saturated rings. The van der Waals surface area contributed by atoms with Crippen LogP contribution in [0.2, 0.25) is 0 Å². The summed E-state index contributed by atoms with van der Waals surface area (Å²) < 4.78 is 26.0. The van der Waals surface area contributed by atoms with E-state index < -0.39 is 10.0 Å². The van der Waals surface area contributed by atoms with E-state index in [1.54, 1.807) is 17.5 Å². The minimum Gasteiger partial charge on any atom is -0.395 e. The van der Waals surface area contributed by atoms with Gasteiger partial charge in [0.2, 0.25) is 0 Å². The average Bonchev–Trinajstić information content (AvgIpc) is 2.89. The lowest BCUT2D eigenvalue weighted by atomic mass is 10.2. The largest absolute Gasteiger partial charge is 0.395 e. The first-order valence-electron chi connectivity index (χ1n) is 4.82. The van der Waals surface area contributed by atoms with Gasteiger partial charge >= 0.3 is 0 Å². The van der Waals surface area contributed by atoms with Crippen LogP contribution in [0, 0.1) is 0 Å². The molecule has 1 N–H and O–H groups in total. The Hall–Kier alpha value is -0.430. The molecule has 0 radical (unpaired) electrons. The summed E-state index contributed by atoms with van der Waals surface area (Å²) in [5.74, 6) is 0. The summed E-state index contributed by atoms with van der Waals surface area (Å²) in [4.78, 5) is 0. The predicted octanol–water partition coefficient (Wildman–Crippen LogP) is 0.894. The van der Waals surface area contributed by atoms with Crippen molar-refractivity contribution in [3.8, 4) is 0 Å². The second kappa shape index (κ2) is 4.21. The first-order chi connectivity index (χ1) is 7.16. The molecule has 0 unspecified atom stereocenters. The third-order valence-corrected chi connectivity index (χ3v) is 5.92. The highest BCUT2D eigenvalue weighted by Crippen LogP contribution is 2.27. The molecule has 84 valence electrons. The van der Waals surface area contributed by atoms with E-state index in [1.165, 1.54) is 15.6 Å². The van der Waals surface area contributed by atoms with Gasteiger partial charge in [0.25, 0.3) is 10.0 Å². The summed E-state index contributed by atoms with van der Waals surface area (Å²) in [7, 11) is -3.36. The highest BCUT2D eigenvalue weighted by Gasteiger charge is 2.35. The average molecular weight is 247 g/mol. The molecule has 2 heterocycles. The third kappa shape index (κ3) is 1.94. The zero-order valence-corrected chi connectivity index (χ0v) is 9.80. The fourth-order valence-electron chi connectivity index (χ4n) is 1.83. The lowest BCUT2D eigenvalue weighted by Gasteiger charge is -2.21. The molecule has 1 aromatic heterocycles. The van der Waals surface area contributed by atoms with Crippen LogP contribution in [0.1, 0.15) is 12.8 Å². The maximum Gasteiger partial charge on any atom is 0.252 e. The van der Waals surface area contributed by atoms with Crippen LogP contribution in [0.4, 0.5) is 0 Å². The molecule has 0 aromatic carbocycles. The van der Waals surface area contributed by atoms with Crippen LogP contribution < -0.4 is 0 Å². The smallest absolute Gasteiger partial charge is 0.252 e. The van der Waals surface area contributed by atoms with Gasteiger partial charge in [-0.05, 0) is 24.3 Å². The van der Waals surface area contributed by atoms with E-state index in [2.05, 4.69) is 0 Å². The van der Waals surface area contributed by atoms with Gasteiger partial charge in [-0.1, -0.05) is 6.07 Å². The molecular weight excluding hydrogens is 234 g/mol. The molecule has 0 spiro atoms. The molecule has 15 heavy (non-hydrogen) atoms. The molecule has 2 rings (SSSR count). The van der Waals surface area contributed by atoms with Crippen molar-refractivity contribution >= 4 is 21.4 Å². The van der Waals surface area contributed by atoms with Crippen molar-refractivity contribution in [1.29, 1.82) is 0 Å². The highest BCUT2D eigenvalue weighted by atomic mass is 32.2. The minimum absolute atomic E-state index is 0.0927. The van der Waals surface area contributed by atoms with Crippen molar-refractivity contribution in [2.24, 2.45) is 0 Å². The van der Waals surface area contributed by atoms with E-state index in [0.717, 1.165) is 12.8 Å². The molecule has 1 aliphatic heterocycles. The number of aliphatic hydroxyl groups excluding tert-OH is 1. The number of rotatable bonds is 3. The van der Waals surface area contributed by atoms with E-state index >= 15 is 0 Å². The first-order valence-corrected chi connectivity index (χ1v) is 7.14. The Bertz CT molecular complexity index is 413. The Morgan fingerprint density at radius 1 is 1.60 bits per heavy atom. The first kappa shape index (κ1) is 11.1. The quantitative estimate of drug-likeness (QED) is 0.863. The summed E-state index contributed by atoms with van der Waals surface area (Å²) in [5, 5.41) is 10.8. The van der Waals surface area contributed by atoms with Gasteiger partial charge in [0, 0.05) is 12.6 Å². The zero-order chi connectivity index (χ0) is 10.9. The van der Waals surface area contributed by atoms with Crippen LogP contribution in [0.15, 0.2) is 21.7 Å². The van der Waals surface area contributed by atoms with Gasteiger partial charge in [0.15, 0.2) is 0 Å². The highest BCUT2D eigenvalue weighted by molar-refractivity contribution is 7.91. The predicted molar refractivity (Wildman–Crippen MR) is 58.3 cm³/mol. The van der Waals surface area contributed by atoms with Gasteiger partial charge in [-0.2, -0.15) is 4.31 Å². The van der Waals surface area contributed by atoms with Crippen LogP contribution in [-0.2, 0) is 10.0 Å². The Labute approximate surface area is 93.2 Å². The molecular formula is C9H13NO3S2. The van der Waals surface area contributed by atoms with Crippen molar-refractivity contribution in [3.05, 3.63) is 17.5 Å². The van der Waals surface area contributed by atoms with Gasteiger partial charge in [-0.15, -0.1) is 11.3 Å². The van der Waals surface area contributed by atoms with Crippen LogP contribution in [0.3, 0.4) is 0 Å². The van der Waals surface area contributed by atoms with Crippen molar-refractivity contribution < 1.29 is 13.5 Å². The van der Waals surface area contributed by atoms with E-state index in [1.807, 2.05) is 0 Å². The van der Waals surface area contributed by atoms with Crippen molar-refractivity contribution in [3.63, 3.8) is 0 Å². The lowest BCUT2D eigenvalue weighted by molar-refractivity contribution is 0.213. The number of hydrogen-bond donors (Lipinski definition) is 1. The molecule has 1 atom stereocenters.